The van der Waals surface area contributed by atoms with E-state index >= 15 is 0 Å². The number of rotatable bonds is 8. The van der Waals surface area contributed by atoms with Crippen LogP contribution in [0, 0.1) is 10.8 Å². The van der Waals surface area contributed by atoms with E-state index in [0.29, 0.717) is 45.5 Å². The lowest BCUT2D eigenvalue weighted by atomic mass is 9.74. The average Bonchev–Trinajstić information content (AvgIpc) is 2.42. The van der Waals surface area contributed by atoms with Crippen LogP contribution in [0.3, 0.4) is 0 Å². The molecule has 6 nitrogen and oxygen atoms in total. The zero-order valence-electron chi connectivity index (χ0n) is 12.1. The lowest BCUT2D eigenvalue weighted by Crippen LogP contribution is -2.60. The summed E-state index contributed by atoms with van der Waals surface area (Å²) in [5.74, 6) is -1.09. The summed E-state index contributed by atoms with van der Waals surface area (Å²) in [4.78, 5) is 0. The van der Waals surface area contributed by atoms with Crippen LogP contribution < -0.4 is 0 Å². The average molecular weight is 290 g/mol. The number of aliphatic hydroxyl groups excluding tert-OH is 3. The van der Waals surface area contributed by atoms with Crippen molar-refractivity contribution in [1.29, 1.82) is 0 Å². The maximum Gasteiger partial charge on any atom is 0.283 e. The molecule has 0 unspecified atom stereocenters. The highest BCUT2D eigenvalue weighted by Crippen LogP contribution is 2.47. The molecule has 3 fully saturated rings. The topological polar surface area (TPSA) is 88.4 Å². The van der Waals surface area contributed by atoms with Crippen LogP contribution in [0.2, 0.25) is 0 Å². The van der Waals surface area contributed by atoms with Crippen LogP contribution in [-0.2, 0) is 14.2 Å². The minimum Gasteiger partial charge on any atom is -0.396 e. The van der Waals surface area contributed by atoms with E-state index in [1.54, 1.807) is 0 Å². The van der Waals surface area contributed by atoms with Crippen molar-refractivity contribution >= 4 is 0 Å². The molecule has 2 bridgehead atoms. The molecule has 3 saturated heterocycles. The molecule has 0 amide bonds. The minimum atomic E-state index is -1.09. The van der Waals surface area contributed by atoms with E-state index in [2.05, 4.69) is 6.92 Å². The fraction of sp³-hybridized carbons (Fsp3) is 1.00. The van der Waals surface area contributed by atoms with E-state index in [9.17, 15) is 15.3 Å². The van der Waals surface area contributed by atoms with Crippen LogP contribution in [0.1, 0.15) is 32.6 Å². The Labute approximate surface area is 119 Å². The molecule has 3 heterocycles. The predicted octanol–water partition coefficient (Wildman–Crippen LogP) is 0.247. The number of fused-ring (bicyclic) bond motifs is 3. The van der Waals surface area contributed by atoms with Gasteiger partial charge in [-0.3, -0.25) is 0 Å². The first-order valence-corrected chi connectivity index (χ1v) is 7.26. The Balaban J connectivity index is 2.10. The number of hydrogen-bond donors (Lipinski definition) is 3. The third-order valence-corrected chi connectivity index (χ3v) is 4.44. The van der Waals surface area contributed by atoms with Crippen molar-refractivity contribution in [3.63, 3.8) is 0 Å². The third-order valence-electron chi connectivity index (χ3n) is 4.44. The standard InChI is InChI=1S/C14H26O6/c1-12-9-18-14(19-10-12,20-11-12)8-13(2-5-15,3-6-16)4-7-17/h15-17H,2-11H2,1H3. The highest BCUT2D eigenvalue weighted by atomic mass is 16.9. The van der Waals surface area contributed by atoms with Gasteiger partial charge in [-0.25, -0.2) is 0 Å². The van der Waals surface area contributed by atoms with Gasteiger partial charge in [0.15, 0.2) is 0 Å². The predicted molar refractivity (Wildman–Crippen MR) is 70.9 cm³/mol. The molecule has 20 heavy (non-hydrogen) atoms. The van der Waals surface area contributed by atoms with Crippen molar-refractivity contribution in [3.8, 4) is 0 Å². The Bertz CT molecular complexity index is 277. The second-order valence-corrected chi connectivity index (χ2v) is 6.46. The summed E-state index contributed by atoms with van der Waals surface area (Å²) in [6.45, 7) is 3.79. The molecule has 3 rings (SSSR count). The molecule has 0 atom stereocenters. The Morgan fingerprint density at radius 1 is 0.850 bits per heavy atom. The highest BCUT2D eigenvalue weighted by molar-refractivity contribution is 4.90. The van der Waals surface area contributed by atoms with Gasteiger partial charge < -0.3 is 29.5 Å². The summed E-state index contributed by atoms with van der Waals surface area (Å²) in [6.07, 6.45) is 1.84. The van der Waals surface area contributed by atoms with E-state index in [4.69, 9.17) is 14.2 Å². The van der Waals surface area contributed by atoms with Gasteiger partial charge in [0.2, 0.25) is 0 Å². The zero-order chi connectivity index (χ0) is 14.7. The largest absolute Gasteiger partial charge is 0.396 e. The molecule has 6 heteroatoms. The van der Waals surface area contributed by atoms with Crippen LogP contribution in [0.5, 0.6) is 0 Å². The normalized spacial score (nSPS) is 33.6. The quantitative estimate of drug-likeness (QED) is 0.594. The molecule has 0 saturated carbocycles. The summed E-state index contributed by atoms with van der Waals surface area (Å²) < 4.78 is 17.3. The molecule has 0 radical (unpaired) electrons. The molecule has 3 N–H and O–H groups in total. The van der Waals surface area contributed by atoms with Gasteiger partial charge in [0, 0.05) is 31.7 Å². The van der Waals surface area contributed by atoms with Gasteiger partial charge in [-0.05, 0) is 24.7 Å². The van der Waals surface area contributed by atoms with Crippen LogP contribution in [0.15, 0.2) is 0 Å². The summed E-state index contributed by atoms with van der Waals surface area (Å²) in [5.41, 5.74) is -0.529. The minimum absolute atomic E-state index is 0.00616. The molecule has 0 spiro atoms. The van der Waals surface area contributed by atoms with E-state index < -0.39 is 11.4 Å². The van der Waals surface area contributed by atoms with Crippen LogP contribution in [-0.4, -0.2) is 60.9 Å². The van der Waals surface area contributed by atoms with E-state index in [0.717, 1.165) is 0 Å². The fourth-order valence-corrected chi connectivity index (χ4v) is 3.07. The monoisotopic (exact) mass is 290 g/mol. The van der Waals surface area contributed by atoms with Gasteiger partial charge in [-0.1, -0.05) is 6.92 Å². The van der Waals surface area contributed by atoms with E-state index in [1.807, 2.05) is 0 Å². The molecule has 3 aliphatic heterocycles. The lowest BCUT2D eigenvalue weighted by Gasteiger charge is -2.53. The molecule has 118 valence electrons. The first kappa shape index (κ1) is 16.1. The van der Waals surface area contributed by atoms with Gasteiger partial charge in [0.25, 0.3) is 5.97 Å². The number of hydrogen-bond acceptors (Lipinski definition) is 6. The second-order valence-electron chi connectivity index (χ2n) is 6.46. The summed E-state index contributed by atoms with van der Waals surface area (Å²) in [6, 6.07) is 0. The molecular formula is C14H26O6. The summed E-state index contributed by atoms with van der Waals surface area (Å²) in [7, 11) is 0. The summed E-state index contributed by atoms with van der Waals surface area (Å²) in [5, 5.41) is 27.9. The smallest absolute Gasteiger partial charge is 0.283 e. The van der Waals surface area contributed by atoms with Crippen molar-refractivity contribution < 1.29 is 29.5 Å². The maximum absolute atomic E-state index is 9.31. The number of aliphatic hydroxyl groups is 3. The zero-order valence-corrected chi connectivity index (χ0v) is 12.1. The Kier molecular flexibility index (Phi) is 5.05. The number of ether oxygens (including phenoxy) is 3. The Morgan fingerprint density at radius 2 is 1.25 bits per heavy atom. The molecule has 0 aromatic heterocycles. The van der Waals surface area contributed by atoms with Gasteiger partial charge in [0.05, 0.1) is 19.8 Å². The van der Waals surface area contributed by atoms with Crippen molar-refractivity contribution in [2.75, 3.05) is 39.6 Å². The van der Waals surface area contributed by atoms with Gasteiger partial charge in [-0.15, -0.1) is 0 Å². The van der Waals surface area contributed by atoms with Crippen molar-refractivity contribution in [2.24, 2.45) is 10.8 Å². The van der Waals surface area contributed by atoms with Crippen LogP contribution in [0.4, 0.5) is 0 Å². The van der Waals surface area contributed by atoms with Crippen molar-refractivity contribution in [2.45, 2.75) is 38.6 Å². The molecule has 0 aromatic carbocycles. The van der Waals surface area contributed by atoms with Crippen LogP contribution >= 0.6 is 0 Å². The molecule has 0 aromatic rings. The second kappa shape index (κ2) is 6.25. The SMILES string of the molecule is CC12COC(CC(CCO)(CCO)CCO)(OC1)OC2. The summed E-state index contributed by atoms with van der Waals surface area (Å²) >= 11 is 0. The van der Waals surface area contributed by atoms with Crippen LogP contribution in [0.25, 0.3) is 0 Å². The Morgan fingerprint density at radius 3 is 1.60 bits per heavy atom. The first-order valence-electron chi connectivity index (χ1n) is 7.26. The molecule has 3 aliphatic rings. The molecular weight excluding hydrogens is 264 g/mol. The Hall–Kier alpha value is -0.240. The third kappa shape index (κ3) is 3.32. The van der Waals surface area contributed by atoms with E-state index in [1.165, 1.54) is 0 Å². The highest BCUT2D eigenvalue weighted by Gasteiger charge is 2.53. The maximum atomic E-state index is 9.31. The molecule has 0 aliphatic carbocycles. The van der Waals surface area contributed by atoms with Crippen molar-refractivity contribution in [1.82, 2.24) is 0 Å². The van der Waals surface area contributed by atoms with Gasteiger partial charge in [-0.2, -0.15) is 0 Å². The first-order chi connectivity index (χ1) is 9.51. The van der Waals surface area contributed by atoms with Gasteiger partial charge >= 0.3 is 0 Å². The van der Waals surface area contributed by atoms with Crippen molar-refractivity contribution in [3.05, 3.63) is 0 Å². The van der Waals surface area contributed by atoms with Gasteiger partial charge in [0.1, 0.15) is 0 Å². The fourth-order valence-electron chi connectivity index (χ4n) is 3.07. The van der Waals surface area contributed by atoms with E-state index in [-0.39, 0.29) is 25.2 Å². The lowest BCUT2D eigenvalue weighted by molar-refractivity contribution is -0.474.